The SMILES string of the molecule is NC(=O)c1ccsc1NC(=O)NCc1ccccc1. The fourth-order valence-electron chi connectivity index (χ4n) is 1.53. The van der Waals surface area contributed by atoms with Gasteiger partial charge in [0.05, 0.1) is 5.56 Å². The maximum absolute atomic E-state index is 11.7. The Morgan fingerprint density at radius 1 is 1.16 bits per heavy atom. The lowest BCUT2D eigenvalue weighted by molar-refractivity contribution is 0.100. The monoisotopic (exact) mass is 275 g/mol. The Balaban J connectivity index is 1.91. The highest BCUT2D eigenvalue weighted by molar-refractivity contribution is 7.14. The quantitative estimate of drug-likeness (QED) is 0.799. The summed E-state index contributed by atoms with van der Waals surface area (Å²) < 4.78 is 0. The summed E-state index contributed by atoms with van der Waals surface area (Å²) in [5, 5.41) is 7.48. The molecule has 0 unspecified atom stereocenters. The van der Waals surface area contributed by atoms with Crippen LogP contribution in [-0.4, -0.2) is 11.9 Å². The summed E-state index contributed by atoms with van der Waals surface area (Å²) in [7, 11) is 0. The molecule has 0 aliphatic carbocycles. The maximum atomic E-state index is 11.7. The Morgan fingerprint density at radius 3 is 2.58 bits per heavy atom. The highest BCUT2D eigenvalue weighted by atomic mass is 32.1. The molecular formula is C13H13N3O2S. The van der Waals surface area contributed by atoms with E-state index < -0.39 is 5.91 Å². The highest BCUT2D eigenvalue weighted by Gasteiger charge is 2.11. The van der Waals surface area contributed by atoms with E-state index in [9.17, 15) is 9.59 Å². The number of primary amides is 1. The van der Waals surface area contributed by atoms with Crippen molar-refractivity contribution in [3.8, 4) is 0 Å². The van der Waals surface area contributed by atoms with Crippen LogP contribution < -0.4 is 16.4 Å². The van der Waals surface area contributed by atoms with E-state index in [1.54, 1.807) is 11.4 Å². The first-order chi connectivity index (χ1) is 9.16. The van der Waals surface area contributed by atoms with Crippen LogP contribution in [0.2, 0.25) is 0 Å². The van der Waals surface area contributed by atoms with Gasteiger partial charge >= 0.3 is 6.03 Å². The Bertz CT molecular complexity index is 581. The summed E-state index contributed by atoms with van der Waals surface area (Å²) in [6.07, 6.45) is 0. The minimum Gasteiger partial charge on any atom is -0.366 e. The Hall–Kier alpha value is -2.34. The second kappa shape index (κ2) is 6.01. The van der Waals surface area contributed by atoms with E-state index in [0.717, 1.165) is 5.56 Å². The number of nitrogens with two attached hydrogens (primary N) is 1. The first kappa shape index (κ1) is 13.1. The minimum atomic E-state index is -0.556. The summed E-state index contributed by atoms with van der Waals surface area (Å²) in [6.45, 7) is 0.421. The number of benzene rings is 1. The molecule has 0 atom stereocenters. The number of carbonyl (C=O) groups excluding carboxylic acids is 2. The normalized spacial score (nSPS) is 9.89. The lowest BCUT2D eigenvalue weighted by atomic mass is 10.2. The van der Waals surface area contributed by atoms with Gasteiger partial charge in [0.25, 0.3) is 5.91 Å². The molecule has 0 radical (unpaired) electrons. The molecule has 0 bridgehead atoms. The van der Waals surface area contributed by atoms with E-state index in [1.807, 2.05) is 30.3 Å². The Labute approximate surface area is 114 Å². The van der Waals surface area contributed by atoms with E-state index in [0.29, 0.717) is 17.1 Å². The van der Waals surface area contributed by atoms with Gasteiger partial charge in [0.1, 0.15) is 5.00 Å². The second-order valence-electron chi connectivity index (χ2n) is 3.82. The van der Waals surface area contributed by atoms with Crippen molar-refractivity contribution in [3.63, 3.8) is 0 Å². The molecule has 1 aromatic heterocycles. The topological polar surface area (TPSA) is 84.2 Å². The Morgan fingerprint density at radius 2 is 1.89 bits per heavy atom. The number of hydrogen-bond acceptors (Lipinski definition) is 3. The van der Waals surface area contributed by atoms with Gasteiger partial charge in [0.2, 0.25) is 0 Å². The van der Waals surface area contributed by atoms with Crippen LogP contribution in [0.25, 0.3) is 0 Å². The molecule has 2 rings (SSSR count). The predicted octanol–water partition coefficient (Wildman–Crippen LogP) is 2.17. The van der Waals surface area contributed by atoms with E-state index in [4.69, 9.17) is 5.73 Å². The zero-order chi connectivity index (χ0) is 13.7. The van der Waals surface area contributed by atoms with Crippen molar-refractivity contribution in [1.82, 2.24) is 5.32 Å². The van der Waals surface area contributed by atoms with E-state index in [-0.39, 0.29) is 6.03 Å². The summed E-state index contributed by atoms with van der Waals surface area (Å²) in [6, 6.07) is 10.8. The third-order valence-electron chi connectivity index (χ3n) is 2.45. The smallest absolute Gasteiger partial charge is 0.320 e. The van der Waals surface area contributed by atoms with Crippen LogP contribution in [0, 0.1) is 0 Å². The summed E-state index contributed by atoms with van der Waals surface area (Å²) in [4.78, 5) is 22.8. The van der Waals surface area contributed by atoms with Crippen molar-refractivity contribution in [1.29, 1.82) is 0 Å². The van der Waals surface area contributed by atoms with Crippen LogP contribution in [0.1, 0.15) is 15.9 Å². The summed E-state index contributed by atoms with van der Waals surface area (Å²) in [5.41, 5.74) is 6.51. The van der Waals surface area contributed by atoms with Crippen LogP contribution in [0.3, 0.4) is 0 Å². The number of rotatable bonds is 4. The number of amides is 3. The van der Waals surface area contributed by atoms with Crippen LogP contribution in [0.15, 0.2) is 41.8 Å². The van der Waals surface area contributed by atoms with Crippen molar-refractivity contribution in [2.24, 2.45) is 5.73 Å². The van der Waals surface area contributed by atoms with Crippen molar-refractivity contribution in [3.05, 3.63) is 52.9 Å². The van der Waals surface area contributed by atoms with Crippen molar-refractivity contribution in [2.75, 3.05) is 5.32 Å². The number of urea groups is 1. The lowest BCUT2D eigenvalue weighted by Crippen LogP contribution is -2.28. The molecular weight excluding hydrogens is 262 g/mol. The summed E-state index contributed by atoms with van der Waals surface area (Å²) >= 11 is 1.26. The molecule has 4 N–H and O–H groups in total. The largest absolute Gasteiger partial charge is 0.366 e. The third-order valence-corrected chi connectivity index (χ3v) is 3.28. The molecule has 1 aromatic carbocycles. The van der Waals surface area contributed by atoms with Gasteiger partial charge in [-0.2, -0.15) is 0 Å². The zero-order valence-corrected chi connectivity index (χ0v) is 10.9. The van der Waals surface area contributed by atoms with Crippen LogP contribution in [0.4, 0.5) is 9.80 Å². The zero-order valence-electron chi connectivity index (χ0n) is 10.1. The molecule has 0 saturated carbocycles. The number of nitrogens with one attached hydrogen (secondary N) is 2. The predicted molar refractivity (Wildman–Crippen MR) is 75.1 cm³/mol. The number of thiophene rings is 1. The van der Waals surface area contributed by atoms with Gasteiger partial charge in [-0.1, -0.05) is 30.3 Å². The van der Waals surface area contributed by atoms with Crippen LogP contribution in [0.5, 0.6) is 0 Å². The molecule has 0 fully saturated rings. The number of hydrogen-bond donors (Lipinski definition) is 3. The first-order valence-corrected chi connectivity index (χ1v) is 6.51. The molecule has 6 heteroatoms. The van der Waals surface area contributed by atoms with Gasteiger partial charge in [-0.25, -0.2) is 4.79 Å². The molecule has 0 aliphatic rings. The maximum Gasteiger partial charge on any atom is 0.320 e. The third kappa shape index (κ3) is 3.56. The van der Waals surface area contributed by atoms with Crippen molar-refractivity contribution >= 4 is 28.3 Å². The molecule has 0 spiro atoms. The highest BCUT2D eigenvalue weighted by Crippen LogP contribution is 2.22. The Kier molecular flexibility index (Phi) is 4.15. The second-order valence-corrected chi connectivity index (χ2v) is 4.74. The number of carbonyl (C=O) groups is 2. The standard InChI is InChI=1S/C13H13N3O2S/c14-11(17)10-6-7-19-12(10)16-13(18)15-8-9-4-2-1-3-5-9/h1-7H,8H2,(H2,14,17)(H2,15,16,18). The molecule has 0 saturated heterocycles. The van der Waals surface area contributed by atoms with E-state index >= 15 is 0 Å². The minimum absolute atomic E-state index is 0.319. The molecule has 19 heavy (non-hydrogen) atoms. The first-order valence-electron chi connectivity index (χ1n) is 5.63. The molecule has 2 aromatic rings. The van der Waals surface area contributed by atoms with E-state index in [1.165, 1.54) is 11.3 Å². The average Bonchev–Trinajstić information content (AvgIpc) is 2.86. The average molecular weight is 275 g/mol. The van der Waals surface area contributed by atoms with Crippen molar-refractivity contribution < 1.29 is 9.59 Å². The van der Waals surface area contributed by atoms with Crippen molar-refractivity contribution in [2.45, 2.75) is 6.54 Å². The molecule has 98 valence electrons. The van der Waals surface area contributed by atoms with Gasteiger partial charge in [0.15, 0.2) is 0 Å². The lowest BCUT2D eigenvalue weighted by Gasteiger charge is -2.07. The van der Waals surface area contributed by atoms with Crippen LogP contribution in [-0.2, 0) is 6.54 Å². The van der Waals surface area contributed by atoms with Gasteiger partial charge in [0, 0.05) is 6.54 Å². The van der Waals surface area contributed by atoms with E-state index in [2.05, 4.69) is 10.6 Å². The van der Waals surface area contributed by atoms with Gasteiger partial charge in [-0.05, 0) is 17.0 Å². The molecule has 3 amide bonds. The fraction of sp³-hybridized carbons (Fsp3) is 0.0769. The molecule has 1 heterocycles. The van der Waals surface area contributed by atoms with Crippen LogP contribution >= 0.6 is 11.3 Å². The fourth-order valence-corrected chi connectivity index (χ4v) is 2.31. The molecule has 0 aliphatic heterocycles. The van der Waals surface area contributed by atoms with Gasteiger partial charge in [-0.15, -0.1) is 11.3 Å². The van der Waals surface area contributed by atoms with Gasteiger partial charge in [-0.3, -0.25) is 10.1 Å². The number of anilines is 1. The molecule has 5 nitrogen and oxygen atoms in total. The summed E-state index contributed by atoms with van der Waals surface area (Å²) in [5.74, 6) is -0.556. The van der Waals surface area contributed by atoms with Gasteiger partial charge < -0.3 is 11.1 Å².